The number of hydrogen-bond donors (Lipinski definition) is 2. The van der Waals surface area contributed by atoms with Crippen molar-refractivity contribution < 1.29 is 19.5 Å². The summed E-state index contributed by atoms with van der Waals surface area (Å²) in [6.07, 6.45) is 0.879. The highest BCUT2D eigenvalue weighted by Crippen LogP contribution is 2.39. The van der Waals surface area contributed by atoms with Crippen molar-refractivity contribution in [2.24, 2.45) is 5.41 Å². The standard InChI is InChI=1S/C28H35N7O4S/c1-16(19-6-8-20(9-7-19)24-17(2)29-15-40-24)31-26(38)23-10-22(37)13-34(23)27(39)25-28(4,5)14-33(18(3)36)12-21-11-30-32-35(21)25/h6-9,11,15-16,22-23,25,37H,10,12-14H2,1-5H3,(H,31,38)/t16-,22+,23-,25+/m0/s1. The van der Waals surface area contributed by atoms with E-state index in [1.165, 1.54) is 11.8 Å². The Hall–Kier alpha value is -3.64. The number of carbonyl (C=O) groups excluding carboxylic acids is 3. The summed E-state index contributed by atoms with van der Waals surface area (Å²) in [5.74, 6) is -0.752. The lowest BCUT2D eigenvalue weighted by Gasteiger charge is -2.37. The smallest absolute Gasteiger partial charge is 0.248 e. The number of rotatable bonds is 5. The molecule has 4 heterocycles. The van der Waals surface area contributed by atoms with E-state index in [2.05, 4.69) is 20.6 Å². The number of carbonyl (C=O) groups is 3. The van der Waals surface area contributed by atoms with E-state index < -0.39 is 23.6 Å². The predicted octanol–water partition coefficient (Wildman–Crippen LogP) is 2.48. The number of aliphatic hydroxyl groups excluding tert-OH is 1. The summed E-state index contributed by atoms with van der Waals surface area (Å²) in [5.41, 5.74) is 4.74. The van der Waals surface area contributed by atoms with Crippen LogP contribution in [0.2, 0.25) is 0 Å². The van der Waals surface area contributed by atoms with Crippen molar-refractivity contribution in [2.45, 2.75) is 71.8 Å². The van der Waals surface area contributed by atoms with Gasteiger partial charge in [-0.1, -0.05) is 43.3 Å². The third-order valence-corrected chi connectivity index (χ3v) is 8.88. The number of aromatic nitrogens is 4. The summed E-state index contributed by atoms with van der Waals surface area (Å²) in [4.78, 5) is 48.5. The van der Waals surface area contributed by atoms with E-state index in [9.17, 15) is 19.5 Å². The van der Waals surface area contributed by atoms with Crippen LogP contribution in [0.4, 0.5) is 0 Å². The molecule has 40 heavy (non-hydrogen) atoms. The van der Waals surface area contributed by atoms with Gasteiger partial charge < -0.3 is 20.2 Å². The van der Waals surface area contributed by atoms with Crippen LogP contribution in [0.15, 0.2) is 36.0 Å². The largest absolute Gasteiger partial charge is 0.391 e. The number of nitrogens with zero attached hydrogens (tertiary/aromatic N) is 6. The first-order chi connectivity index (χ1) is 19.0. The first-order valence-electron chi connectivity index (χ1n) is 13.4. The quantitative estimate of drug-likeness (QED) is 0.486. The molecule has 0 unspecified atom stereocenters. The molecule has 0 bridgehead atoms. The van der Waals surface area contributed by atoms with E-state index in [4.69, 9.17) is 0 Å². The number of amides is 3. The molecule has 12 heteroatoms. The molecule has 5 rings (SSSR count). The molecule has 3 aromatic rings. The van der Waals surface area contributed by atoms with Crippen LogP contribution in [0.25, 0.3) is 10.4 Å². The van der Waals surface area contributed by atoms with Gasteiger partial charge in [-0.25, -0.2) is 9.67 Å². The van der Waals surface area contributed by atoms with Crippen LogP contribution in [0.3, 0.4) is 0 Å². The zero-order valence-corrected chi connectivity index (χ0v) is 24.2. The summed E-state index contributed by atoms with van der Waals surface area (Å²) in [7, 11) is 0. The Balaban J connectivity index is 1.34. The Kier molecular flexibility index (Phi) is 7.49. The number of hydrogen-bond acceptors (Lipinski definition) is 8. The minimum atomic E-state index is -0.834. The minimum absolute atomic E-state index is 0.0429. The molecule has 0 radical (unpaired) electrons. The van der Waals surface area contributed by atoms with Crippen LogP contribution in [-0.4, -0.2) is 77.8 Å². The zero-order chi connectivity index (χ0) is 28.8. The fourth-order valence-corrected chi connectivity index (χ4v) is 6.59. The van der Waals surface area contributed by atoms with Gasteiger partial charge in [0.1, 0.15) is 12.1 Å². The fraction of sp³-hybridized carbons (Fsp3) is 0.500. The number of β-amino-alcohol motifs (C(OH)–C–C–N with tert-alkyl or cyclic N) is 1. The van der Waals surface area contributed by atoms with E-state index in [-0.39, 0.29) is 36.7 Å². The molecule has 2 aliphatic heterocycles. The van der Waals surface area contributed by atoms with E-state index in [1.807, 2.05) is 57.5 Å². The number of thiazole rings is 1. The first-order valence-corrected chi connectivity index (χ1v) is 14.3. The van der Waals surface area contributed by atoms with E-state index in [0.717, 1.165) is 21.7 Å². The highest BCUT2D eigenvalue weighted by molar-refractivity contribution is 7.13. The molecular formula is C28H35N7O4S. The van der Waals surface area contributed by atoms with Gasteiger partial charge in [-0.3, -0.25) is 14.4 Å². The Labute approximate surface area is 237 Å². The van der Waals surface area contributed by atoms with Crippen molar-refractivity contribution in [1.82, 2.24) is 35.1 Å². The molecule has 1 aromatic carbocycles. The maximum absolute atomic E-state index is 14.1. The maximum atomic E-state index is 14.1. The summed E-state index contributed by atoms with van der Waals surface area (Å²) in [6.45, 7) is 9.86. The number of aliphatic hydroxyl groups is 1. The number of nitrogens with one attached hydrogen (secondary N) is 1. The highest BCUT2D eigenvalue weighted by atomic mass is 32.1. The molecule has 2 aromatic heterocycles. The van der Waals surface area contributed by atoms with Gasteiger partial charge in [-0.05, 0) is 25.0 Å². The Morgan fingerprint density at radius 2 is 1.93 bits per heavy atom. The lowest BCUT2D eigenvalue weighted by Crippen LogP contribution is -2.52. The molecule has 1 fully saturated rings. The normalized spacial score (nSPS) is 22.9. The molecule has 0 spiro atoms. The first kappa shape index (κ1) is 27.9. The van der Waals surface area contributed by atoms with Crippen LogP contribution in [0.5, 0.6) is 0 Å². The third kappa shape index (κ3) is 5.25. The van der Waals surface area contributed by atoms with Crippen LogP contribution in [0, 0.1) is 12.3 Å². The van der Waals surface area contributed by atoms with Crippen molar-refractivity contribution in [2.75, 3.05) is 13.1 Å². The number of benzene rings is 1. The fourth-order valence-electron chi connectivity index (χ4n) is 5.78. The Bertz CT molecular complexity index is 1420. The van der Waals surface area contributed by atoms with E-state index in [0.29, 0.717) is 18.8 Å². The average Bonchev–Trinajstić information content (AvgIpc) is 3.62. The molecule has 2 N–H and O–H groups in total. The van der Waals surface area contributed by atoms with Gasteiger partial charge >= 0.3 is 0 Å². The lowest BCUT2D eigenvalue weighted by molar-refractivity contribution is -0.145. The molecule has 3 amide bonds. The molecule has 0 saturated carbocycles. The number of aryl methyl sites for hydroxylation is 1. The van der Waals surface area contributed by atoms with Crippen molar-refractivity contribution in [3.63, 3.8) is 0 Å². The molecule has 4 atom stereocenters. The average molecular weight is 566 g/mol. The van der Waals surface area contributed by atoms with Gasteiger partial charge in [0.05, 0.1) is 46.7 Å². The Morgan fingerprint density at radius 1 is 1.20 bits per heavy atom. The number of fused-ring (bicyclic) bond motifs is 1. The predicted molar refractivity (Wildman–Crippen MR) is 149 cm³/mol. The van der Waals surface area contributed by atoms with Crippen LogP contribution in [0.1, 0.15) is 63.2 Å². The number of likely N-dealkylation sites (tertiary alicyclic amines) is 1. The lowest BCUT2D eigenvalue weighted by atomic mass is 9.83. The third-order valence-electron chi connectivity index (χ3n) is 7.91. The van der Waals surface area contributed by atoms with Gasteiger partial charge in [0.15, 0.2) is 0 Å². The van der Waals surface area contributed by atoms with Crippen molar-refractivity contribution in [1.29, 1.82) is 0 Å². The van der Waals surface area contributed by atoms with Gasteiger partial charge in [-0.15, -0.1) is 16.4 Å². The van der Waals surface area contributed by atoms with Crippen LogP contribution < -0.4 is 5.32 Å². The van der Waals surface area contributed by atoms with E-state index >= 15 is 0 Å². The van der Waals surface area contributed by atoms with Gasteiger partial charge in [-0.2, -0.15) is 0 Å². The summed E-state index contributed by atoms with van der Waals surface area (Å²) >= 11 is 1.59. The topological polar surface area (TPSA) is 134 Å². The van der Waals surface area contributed by atoms with Crippen molar-refractivity contribution >= 4 is 29.1 Å². The van der Waals surface area contributed by atoms with Crippen LogP contribution in [-0.2, 0) is 20.9 Å². The van der Waals surface area contributed by atoms with Crippen molar-refractivity contribution in [3.8, 4) is 10.4 Å². The minimum Gasteiger partial charge on any atom is -0.391 e. The molecule has 212 valence electrons. The molecular weight excluding hydrogens is 530 g/mol. The second-order valence-corrected chi connectivity index (χ2v) is 12.3. The summed E-state index contributed by atoms with van der Waals surface area (Å²) in [5, 5.41) is 21.8. The molecule has 11 nitrogen and oxygen atoms in total. The molecule has 0 aliphatic carbocycles. The second kappa shape index (κ2) is 10.7. The van der Waals surface area contributed by atoms with Gasteiger partial charge in [0.25, 0.3) is 0 Å². The van der Waals surface area contributed by atoms with E-state index in [1.54, 1.807) is 27.1 Å². The van der Waals surface area contributed by atoms with Gasteiger partial charge in [0.2, 0.25) is 17.7 Å². The maximum Gasteiger partial charge on any atom is 0.248 e. The van der Waals surface area contributed by atoms with Crippen LogP contribution >= 0.6 is 11.3 Å². The summed E-state index contributed by atoms with van der Waals surface area (Å²) in [6, 6.07) is 6.05. The van der Waals surface area contributed by atoms with Gasteiger partial charge in [0, 0.05) is 31.8 Å². The SMILES string of the molecule is CC(=O)N1Cc2cnnn2[C@H](C(=O)N2C[C@H](O)C[C@H]2C(=O)N[C@@H](C)c2ccc(-c3scnc3C)cc2)C(C)(C)C1. The molecule has 2 aliphatic rings. The highest BCUT2D eigenvalue weighted by Gasteiger charge is 2.49. The Morgan fingerprint density at radius 3 is 2.58 bits per heavy atom. The second-order valence-electron chi connectivity index (χ2n) is 11.5. The molecule has 1 saturated heterocycles. The zero-order valence-electron chi connectivity index (χ0n) is 23.4. The van der Waals surface area contributed by atoms with Crippen molar-refractivity contribution in [3.05, 3.63) is 52.9 Å². The summed E-state index contributed by atoms with van der Waals surface area (Å²) < 4.78 is 1.57. The monoisotopic (exact) mass is 565 g/mol.